The summed E-state index contributed by atoms with van der Waals surface area (Å²) >= 11 is 0. The first-order valence-corrected chi connectivity index (χ1v) is 7.26. The van der Waals surface area contributed by atoms with E-state index in [1.807, 2.05) is 0 Å². The van der Waals surface area contributed by atoms with E-state index in [2.05, 4.69) is 25.6 Å². The summed E-state index contributed by atoms with van der Waals surface area (Å²) in [5, 5.41) is 16.3. The number of piperazine rings is 1. The molecule has 1 fully saturated rings. The molecule has 8 heteroatoms. The Kier molecular flexibility index (Phi) is 8.37. The second-order valence-electron chi connectivity index (χ2n) is 5.06. The van der Waals surface area contributed by atoms with Gasteiger partial charge in [0.2, 0.25) is 5.91 Å². The minimum atomic E-state index is -0.375. The van der Waals surface area contributed by atoms with Crippen molar-refractivity contribution < 1.29 is 14.8 Å². The SMILES string of the molecule is CC(=O)NCCN1CCN(CCCNC(=O)/C=N/O)CC1. The lowest BCUT2D eigenvalue weighted by Gasteiger charge is -2.34. The highest BCUT2D eigenvalue weighted by atomic mass is 16.4. The third kappa shape index (κ3) is 8.26. The second-order valence-corrected chi connectivity index (χ2v) is 5.06. The van der Waals surface area contributed by atoms with Crippen LogP contribution in [-0.4, -0.2) is 85.4 Å². The Hall–Kier alpha value is -1.67. The van der Waals surface area contributed by atoms with E-state index in [1.165, 1.54) is 6.92 Å². The monoisotopic (exact) mass is 299 g/mol. The number of rotatable bonds is 8. The Balaban J connectivity index is 2.03. The van der Waals surface area contributed by atoms with Gasteiger partial charge in [0, 0.05) is 52.7 Å². The highest BCUT2D eigenvalue weighted by Gasteiger charge is 2.15. The fraction of sp³-hybridized carbons (Fsp3) is 0.769. The largest absolute Gasteiger partial charge is 0.411 e. The van der Waals surface area contributed by atoms with Gasteiger partial charge in [-0.3, -0.25) is 14.5 Å². The van der Waals surface area contributed by atoms with Gasteiger partial charge >= 0.3 is 0 Å². The fourth-order valence-electron chi connectivity index (χ4n) is 2.24. The van der Waals surface area contributed by atoms with Crippen LogP contribution in [0.5, 0.6) is 0 Å². The maximum Gasteiger partial charge on any atom is 0.265 e. The summed E-state index contributed by atoms with van der Waals surface area (Å²) in [4.78, 5) is 26.5. The van der Waals surface area contributed by atoms with Crippen LogP contribution in [0.1, 0.15) is 13.3 Å². The highest BCUT2D eigenvalue weighted by Crippen LogP contribution is 2.01. The zero-order valence-corrected chi connectivity index (χ0v) is 12.5. The van der Waals surface area contributed by atoms with Gasteiger partial charge in [-0.2, -0.15) is 0 Å². The summed E-state index contributed by atoms with van der Waals surface area (Å²) in [7, 11) is 0. The average Bonchev–Trinajstić information content (AvgIpc) is 2.45. The van der Waals surface area contributed by atoms with Gasteiger partial charge in [0.25, 0.3) is 5.91 Å². The zero-order chi connectivity index (χ0) is 15.5. The maximum atomic E-state index is 11.0. The Labute approximate surface area is 125 Å². The van der Waals surface area contributed by atoms with E-state index in [1.54, 1.807) is 0 Å². The summed E-state index contributed by atoms with van der Waals surface area (Å²) in [6, 6.07) is 0. The van der Waals surface area contributed by atoms with Crippen molar-refractivity contribution in [1.29, 1.82) is 0 Å². The molecule has 1 aliphatic heterocycles. The molecule has 2 amide bonds. The van der Waals surface area contributed by atoms with E-state index in [4.69, 9.17) is 5.21 Å². The van der Waals surface area contributed by atoms with Gasteiger partial charge in [-0.1, -0.05) is 5.16 Å². The molecule has 0 aromatic carbocycles. The number of nitrogens with zero attached hydrogens (tertiary/aromatic N) is 3. The number of nitrogens with one attached hydrogen (secondary N) is 2. The molecule has 0 atom stereocenters. The molecular weight excluding hydrogens is 274 g/mol. The molecule has 0 spiro atoms. The molecule has 1 saturated heterocycles. The quantitative estimate of drug-likeness (QED) is 0.224. The van der Waals surface area contributed by atoms with Crippen molar-refractivity contribution in [1.82, 2.24) is 20.4 Å². The lowest BCUT2D eigenvalue weighted by atomic mass is 10.3. The van der Waals surface area contributed by atoms with E-state index in [9.17, 15) is 9.59 Å². The van der Waals surface area contributed by atoms with E-state index in [0.29, 0.717) is 13.1 Å². The van der Waals surface area contributed by atoms with Crippen molar-refractivity contribution in [3.63, 3.8) is 0 Å². The van der Waals surface area contributed by atoms with E-state index >= 15 is 0 Å². The molecule has 1 aliphatic rings. The van der Waals surface area contributed by atoms with Crippen LogP contribution in [0.4, 0.5) is 0 Å². The normalized spacial score (nSPS) is 17.0. The third-order valence-electron chi connectivity index (χ3n) is 3.39. The second kappa shape index (κ2) is 10.1. The number of amides is 2. The first kappa shape index (κ1) is 17.4. The topological polar surface area (TPSA) is 97.3 Å². The van der Waals surface area contributed by atoms with Crippen molar-refractivity contribution in [2.24, 2.45) is 5.16 Å². The predicted octanol–water partition coefficient (Wildman–Crippen LogP) is -1.29. The van der Waals surface area contributed by atoms with Gasteiger partial charge in [0.15, 0.2) is 0 Å². The number of oxime groups is 1. The van der Waals surface area contributed by atoms with Gasteiger partial charge in [0.05, 0.1) is 0 Å². The predicted molar refractivity (Wildman–Crippen MR) is 79.5 cm³/mol. The first-order valence-electron chi connectivity index (χ1n) is 7.26. The molecule has 8 nitrogen and oxygen atoms in total. The summed E-state index contributed by atoms with van der Waals surface area (Å²) < 4.78 is 0. The van der Waals surface area contributed by atoms with Crippen LogP contribution in [0.15, 0.2) is 5.16 Å². The Bertz CT molecular complexity index is 354. The smallest absolute Gasteiger partial charge is 0.265 e. The summed E-state index contributed by atoms with van der Waals surface area (Å²) in [6.45, 7) is 8.66. The van der Waals surface area contributed by atoms with Crippen molar-refractivity contribution in [2.45, 2.75) is 13.3 Å². The highest BCUT2D eigenvalue weighted by molar-refractivity contribution is 6.25. The number of carbonyl (C=O) groups is 2. The van der Waals surface area contributed by atoms with Crippen LogP contribution in [0, 0.1) is 0 Å². The molecule has 21 heavy (non-hydrogen) atoms. The minimum absolute atomic E-state index is 0.0157. The molecule has 1 heterocycles. The van der Waals surface area contributed by atoms with Gasteiger partial charge < -0.3 is 20.7 Å². The summed E-state index contributed by atoms with van der Waals surface area (Å²) in [5.74, 6) is -0.359. The van der Waals surface area contributed by atoms with Gasteiger partial charge in [0.1, 0.15) is 6.21 Å². The van der Waals surface area contributed by atoms with Crippen LogP contribution in [0.3, 0.4) is 0 Å². The van der Waals surface area contributed by atoms with E-state index in [-0.39, 0.29) is 11.8 Å². The molecule has 0 aromatic rings. The third-order valence-corrected chi connectivity index (χ3v) is 3.39. The van der Waals surface area contributed by atoms with Crippen LogP contribution < -0.4 is 10.6 Å². The maximum absolute atomic E-state index is 11.0. The molecule has 0 saturated carbocycles. The fourth-order valence-corrected chi connectivity index (χ4v) is 2.24. The Morgan fingerprint density at radius 3 is 2.29 bits per heavy atom. The molecule has 3 N–H and O–H groups in total. The molecule has 0 aliphatic carbocycles. The van der Waals surface area contributed by atoms with Crippen LogP contribution in [0.2, 0.25) is 0 Å². The first-order chi connectivity index (χ1) is 10.1. The average molecular weight is 299 g/mol. The Morgan fingerprint density at radius 2 is 1.71 bits per heavy atom. The number of carbonyl (C=O) groups excluding carboxylic acids is 2. The lowest BCUT2D eigenvalue weighted by Crippen LogP contribution is -2.48. The molecule has 0 radical (unpaired) electrons. The van der Waals surface area contributed by atoms with Crippen molar-refractivity contribution >= 4 is 18.0 Å². The molecule has 120 valence electrons. The van der Waals surface area contributed by atoms with E-state index < -0.39 is 0 Å². The van der Waals surface area contributed by atoms with Gasteiger partial charge in [-0.25, -0.2) is 0 Å². The van der Waals surface area contributed by atoms with Gasteiger partial charge in [-0.05, 0) is 13.0 Å². The van der Waals surface area contributed by atoms with Crippen LogP contribution in [-0.2, 0) is 9.59 Å². The van der Waals surface area contributed by atoms with Crippen LogP contribution in [0.25, 0.3) is 0 Å². The van der Waals surface area contributed by atoms with Crippen molar-refractivity contribution in [3.8, 4) is 0 Å². The van der Waals surface area contributed by atoms with Crippen molar-refractivity contribution in [3.05, 3.63) is 0 Å². The standard InChI is InChI=1S/C13H25N5O3/c1-12(19)14-4-6-18-9-7-17(8-10-18)5-2-3-15-13(20)11-16-21/h11,21H,2-10H2,1H3,(H,14,19)(H,15,20)/b16-11+. The number of hydrogen-bond acceptors (Lipinski definition) is 6. The molecule has 0 unspecified atom stereocenters. The minimum Gasteiger partial charge on any atom is -0.411 e. The number of hydrogen-bond donors (Lipinski definition) is 3. The van der Waals surface area contributed by atoms with Crippen LogP contribution >= 0.6 is 0 Å². The molecular formula is C13H25N5O3. The molecule has 1 rings (SSSR count). The van der Waals surface area contributed by atoms with Gasteiger partial charge in [-0.15, -0.1) is 0 Å². The zero-order valence-electron chi connectivity index (χ0n) is 12.5. The molecule has 0 aromatic heterocycles. The Morgan fingerprint density at radius 1 is 1.10 bits per heavy atom. The molecule has 0 bridgehead atoms. The van der Waals surface area contributed by atoms with Crippen molar-refractivity contribution in [2.75, 3.05) is 52.4 Å². The lowest BCUT2D eigenvalue weighted by molar-refractivity contribution is -0.119. The summed E-state index contributed by atoms with van der Waals surface area (Å²) in [6.07, 6.45) is 1.73. The summed E-state index contributed by atoms with van der Waals surface area (Å²) in [5.41, 5.74) is 0. The van der Waals surface area contributed by atoms with E-state index in [0.717, 1.165) is 51.9 Å².